The molecular weight excluding hydrogens is 420 g/mol. The molecular formula is C20H24N6O4S. The van der Waals surface area contributed by atoms with Crippen LogP contribution in [-0.2, 0) is 16.4 Å². The molecule has 31 heavy (non-hydrogen) atoms. The highest BCUT2D eigenvalue weighted by Gasteiger charge is 2.32. The SMILES string of the molecule is CC(C)CN(C[C@@H](N=O)[C@H](Cc1ccccc1)N=[N+]=[N-])S(=O)(=O)c1ccc(N=O)cc1. The summed E-state index contributed by atoms with van der Waals surface area (Å²) < 4.78 is 27.6. The zero-order valence-electron chi connectivity index (χ0n) is 17.3. The normalized spacial score (nSPS) is 13.4. The van der Waals surface area contributed by atoms with E-state index in [1.54, 1.807) is 0 Å². The van der Waals surface area contributed by atoms with Crippen LogP contribution in [0.2, 0.25) is 0 Å². The summed E-state index contributed by atoms with van der Waals surface area (Å²) in [7, 11) is -3.99. The Morgan fingerprint density at radius 1 is 0.968 bits per heavy atom. The van der Waals surface area contributed by atoms with Crippen LogP contribution in [0.4, 0.5) is 5.69 Å². The smallest absolute Gasteiger partial charge is 0.207 e. The Morgan fingerprint density at radius 2 is 1.61 bits per heavy atom. The third kappa shape index (κ3) is 6.68. The second kappa shape index (κ2) is 11.3. The molecule has 0 radical (unpaired) electrons. The van der Waals surface area contributed by atoms with Crippen LogP contribution in [0, 0.1) is 15.7 Å². The van der Waals surface area contributed by atoms with Gasteiger partial charge in [0.1, 0.15) is 11.7 Å². The minimum atomic E-state index is -3.99. The first kappa shape index (κ1) is 24.1. The predicted molar refractivity (Wildman–Crippen MR) is 118 cm³/mol. The van der Waals surface area contributed by atoms with Crippen LogP contribution < -0.4 is 0 Å². The van der Waals surface area contributed by atoms with Gasteiger partial charge in [0.25, 0.3) is 0 Å². The molecule has 164 valence electrons. The summed E-state index contributed by atoms with van der Waals surface area (Å²) in [4.78, 5) is 25.1. The molecule has 2 rings (SSSR count). The number of azide groups is 1. The maximum Gasteiger partial charge on any atom is 0.243 e. The van der Waals surface area contributed by atoms with E-state index in [4.69, 9.17) is 5.53 Å². The van der Waals surface area contributed by atoms with Gasteiger partial charge in [-0.1, -0.05) is 54.5 Å². The molecule has 0 saturated heterocycles. The third-order valence-corrected chi connectivity index (χ3v) is 6.45. The minimum Gasteiger partial charge on any atom is -0.207 e. The average molecular weight is 445 g/mol. The second-order valence-electron chi connectivity index (χ2n) is 7.44. The largest absolute Gasteiger partial charge is 0.243 e. The van der Waals surface area contributed by atoms with E-state index in [2.05, 4.69) is 20.4 Å². The molecule has 0 amide bonds. The molecule has 10 nitrogen and oxygen atoms in total. The van der Waals surface area contributed by atoms with Gasteiger partial charge in [0.15, 0.2) is 0 Å². The molecule has 0 fully saturated rings. The van der Waals surface area contributed by atoms with Crippen LogP contribution >= 0.6 is 0 Å². The molecule has 0 unspecified atom stereocenters. The predicted octanol–water partition coefficient (Wildman–Crippen LogP) is 4.79. The molecule has 2 atom stereocenters. The fourth-order valence-electron chi connectivity index (χ4n) is 3.12. The molecule has 0 aliphatic heterocycles. The minimum absolute atomic E-state index is 0.0337. The molecule has 0 aliphatic carbocycles. The van der Waals surface area contributed by atoms with Crippen molar-refractivity contribution in [3.63, 3.8) is 0 Å². The molecule has 0 heterocycles. The van der Waals surface area contributed by atoms with Crippen LogP contribution in [0.5, 0.6) is 0 Å². The van der Waals surface area contributed by atoms with Crippen molar-refractivity contribution in [3.8, 4) is 0 Å². The zero-order chi connectivity index (χ0) is 22.9. The summed E-state index contributed by atoms with van der Waals surface area (Å²) in [6.45, 7) is 3.59. The number of sulfonamides is 1. The summed E-state index contributed by atoms with van der Waals surface area (Å²) in [5.41, 5.74) is 9.92. The Morgan fingerprint density at radius 3 is 2.13 bits per heavy atom. The van der Waals surface area contributed by atoms with Crippen molar-refractivity contribution in [2.75, 3.05) is 13.1 Å². The van der Waals surface area contributed by atoms with Crippen LogP contribution in [0.3, 0.4) is 0 Å². The van der Waals surface area contributed by atoms with Crippen LogP contribution in [0.25, 0.3) is 10.4 Å². The van der Waals surface area contributed by atoms with Crippen molar-refractivity contribution in [3.05, 3.63) is 80.4 Å². The van der Waals surface area contributed by atoms with Gasteiger partial charge in [-0.25, -0.2) is 8.42 Å². The lowest BCUT2D eigenvalue weighted by molar-refractivity contribution is 0.328. The van der Waals surface area contributed by atoms with E-state index < -0.39 is 22.1 Å². The number of benzene rings is 2. The van der Waals surface area contributed by atoms with Gasteiger partial charge in [-0.3, -0.25) is 0 Å². The van der Waals surface area contributed by atoms with E-state index in [-0.39, 0.29) is 36.0 Å². The van der Waals surface area contributed by atoms with E-state index in [0.29, 0.717) is 0 Å². The summed E-state index contributed by atoms with van der Waals surface area (Å²) in [6, 6.07) is 12.4. The maximum atomic E-state index is 13.2. The molecule has 2 aromatic rings. The summed E-state index contributed by atoms with van der Waals surface area (Å²) >= 11 is 0. The monoisotopic (exact) mass is 444 g/mol. The van der Waals surface area contributed by atoms with E-state index in [0.717, 1.165) is 9.87 Å². The maximum absolute atomic E-state index is 13.2. The van der Waals surface area contributed by atoms with Crippen molar-refractivity contribution in [2.24, 2.45) is 21.4 Å². The molecule has 0 bridgehead atoms. The molecule has 0 saturated carbocycles. The molecule has 0 N–H and O–H groups in total. The van der Waals surface area contributed by atoms with E-state index in [9.17, 15) is 18.2 Å². The zero-order valence-corrected chi connectivity index (χ0v) is 18.1. The number of nitroso groups, excluding NO2 is 2. The first-order chi connectivity index (χ1) is 14.8. The van der Waals surface area contributed by atoms with Crippen LogP contribution in [-0.4, -0.2) is 37.9 Å². The third-order valence-electron chi connectivity index (χ3n) is 4.61. The number of hydrogen-bond donors (Lipinski definition) is 0. The topological polar surface area (TPSA) is 145 Å². The first-order valence-corrected chi connectivity index (χ1v) is 11.1. The summed E-state index contributed by atoms with van der Waals surface area (Å²) in [6.07, 6.45) is 0.247. The fourth-order valence-corrected chi connectivity index (χ4v) is 4.74. The molecule has 2 aromatic carbocycles. The summed E-state index contributed by atoms with van der Waals surface area (Å²) in [5, 5.41) is 9.60. The van der Waals surface area contributed by atoms with Crippen LogP contribution in [0.15, 0.2) is 75.0 Å². The van der Waals surface area contributed by atoms with Gasteiger partial charge >= 0.3 is 0 Å². The quantitative estimate of drug-likeness (QED) is 0.200. The highest BCUT2D eigenvalue weighted by Crippen LogP contribution is 2.23. The van der Waals surface area contributed by atoms with Gasteiger partial charge in [0.05, 0.1) is 10.9 Å². The number of rotatable bonds is 12. The van der Waals surface area contributed by atoms with Gasteiger partial charge in [0, 0.05) is 18.0 Å². The molecule has 0 aromatic heterocycles. The molecule has 11 heteroatoms. The first-order valence-electron chi connectivity index (χ1n) is 9.66. The molecule has 0 spiro atoms. The molecule has 0 aliphatic rings. The Kier molecular flexibility index (Phi) is 8.80. The lowest BCUT2D eigenvalue weighted by Gasteiger charge is -2.28. The van der Waals surface area contributed by atoms with Gasteiger partial charge in [-0.15, -0.1) is 4.91 Å². The van der Waals surface area contributed by atoms with Gasteiger partial charge in [-0.2, -0.15) is 9.21 Å². The van der Waals surface area contributed by atoms with Crippen molar-refractivity contribution in [2.45, 2.75) is 37.2 Å². The average Bonchev–Trinajstić information content (AvgIpc) is 2.76. The van der Waals surface area contributed by atoms with Gasteiger partial charge < -0.3 is 0 Å². The van der Waals surface area contributed by atoms with Crippen molar-refractivity contribution < 1.29 is 8.42 Å². The lowest BCUT2D eigenvalue weighted by atomic mass is 10.0. The van der Waals surface area contributed by atoms with E-state index in [1.807, 2.05) is 44.2 Å². The van der Waals surface area contributed by atoms with Gasteiger partial charge in [-0.05, 0) is 52.9 Å². The van der Waals surface area contributed by atoms with E-state index >= 15 is 0 Å². The highest BCUT2D eigenvalue weighted by molar-refractivity contribution is 7.89. The number of nitrogens with zero attached hydrogens (tertiary/aromatic N) is 6. The Hall–Kier alpha value is -3.14. The Labute approximate surface area is 180 Å². The second-order valence-corrected chi connectivity index (χ2v) is 9.37. The van der Waals surface area contributed by atoms with Crippen molar-refractivity contribution >= 4 is 15.7 Å². The van der Waals surface area contributed by atoms with Crippen molar-refractivity contribution in [1.29, 1.82) is 0 Å². The standard InChI is InChI=1S/C20H24N6O4S/c1-15(2)13-26(31(29,30)18-10-8-17(23-27)9-11-18)14-20(24-28)19(22-25-21)12-16-6-4-3-5-7-16/h3-11,15,19-20H,12-14H2,1-2H3/t19-,20+/m0/s1. The van der Waals surface area contributed by atoms with Gasteiger partial charge in [0.2, 0.25) is 10.0 Å². The van der Waals surface area contributed by atoms with Crippen LogP contribution in [0.1, 0.15) is 19.4 Å². The Balaban J connectivity index is 2.35. The van der Waals surface area contributed by atoms with E-state index in [1.165, 1.54) is 24.3 Å². The summed E-state index contributed by atoms with van der Waals surface area (Å²) in [5.74, 6) is -0.0370. The fraction of sp³-hybridized carbons (Fsp3) is 0.400. The highest BCUT2D eigenvalue weighted by atomic mass is 32.2. The Bertz CT molecular complexity index is 1020. The lowest BCUT2D eigenvalue weighted by Crippen LogP contribution is -2.43. The number of hydrogen-bond acceptors (Lipinski definition) is 7. The van der Waals surface area contributed by atoms with Crippen molar-refractivity contribution in [1.82, 2.24) is 4.31 Å².